The molecule has 1 fully saturated rings. The number of hydrogen-bond acceptors (Lipinski definition) is 2. The van der Waals surface area contributed by atoms with Crippen molar-refractivity contribution in [2.45, 2.75) is 70.9 Å². The molecule has 0 saturated carbocycles. The summed E-state index contributed by atoms with van der Waals surface area (Å²) in [6.07, 6.45) is 9.75. The molecule has 2 heteroatoms. The molecule has 0 aromatic carbocycles. The monoisotopic (exact) mass is 252 g/mol. The van der Waals surface area contributed by atoms with Gasteiger partial charge >= 0.3 is 0 Å². The van der Waals surface area contributed by atoms with E-state index in [0.717, 1.165) is 13.0 Å². The van der Waals surface area contributed by atoms with Gasteiger partial charge in [0.2, 0.25) is 0 Å². The Morgan fingerprint density at radius 3 is 2.44 bits per heavy atom. The number of hydrogen-bond donors (Lipinski definition) is 1. The molecular weight excluding hydrogens is 220 g/mol. The molecule has 106 valence electrons. The third-order valence-corrected chi connectivity index (χ3v) is 4.65. The fourth-order valence-electron chi connectivity index (χ4n) is 3.26. The predicted octanol–water partition coefficient (Wildman–Crippen LogP) is 3.59. The molecule has 1 saturated heterocycles. The molecule has 1 aliphatic rings. The summed E-state index contributed by atoms with van der Waals surface area (Å²) in [5.41, 5.74) is 0.305. The average molecular weight is 252 g/mol. The van der Waals surface area contributed by atoms with Crippen molar-refractivity contribution >= 4 is 0 Å². The van der Waals surface area contributed by atoms with Crippen LogP contribution >= 0.6 is 0 Å². The van der Waals surface area contributed by atoms with Gasteiger partial charge in [-0.1, -0.05) is 26.3 Å². The van der Waals surface area contributed by atoms with Crippen LogP contribution in [0.25, 0.3) is 0 Å². The summed E-state index contributed by atoms with van der Waals surface area (Å²) < 4.78 is 0. The summed E-state index contributed by atoms with van der Waals surface area (Å²) in [4.78, 5) is 2.73. The van der Waals surface area contributed by atoms with E-state index in [-0.39, 0.29) is 0 Å². The molecule has 0 spiro atoms. The second-order valence-corrected chi connectivity index (χ2v) is 5.73. The smallest absolute Gasteiger partial charge is 0.0331 e. The van der Waals surface area contributed by atoms with Crippen LogP contribution in [-0.4, -0.2) is 36.1 Å². The molecular formula is C16H32N2. The molecule has 1 N–H and O–H groups in total. The van der Waals surface area contributed by atoms with Gasteiger partial charge < -0.3 is 5.32 Å². The molecule has 0 bridgehead atoms. The second-order valence-electron chi connectivity index (χ2n) is 5.73. The third-order valence-electron chi connectivity index (χ3n) is 4.65. The van der Waals surface area contributed by atoms with Crippen molar-refractivity contribution < 1.29 is 0 Å². The van der Waals surface area contributed by atoms with E-state index in [2.05, 4.69) is 43.6 Å². The zero-order chi connectivity index (χ0) is 13.4. The Bertz CT molecular complexity index is 233. The van der Waals surface area contributed by atoms with Crippen molar-refractivity contribution in [2.24, 2.45) is 0 Å². The van der Waals surface area contributed by atoms with Crippen LogP contribution in [0.2, 0.25) is 0 Å². The lowest BCUT2D eigenvalue weighted by atomic mass is 9.83. The van der Waals surface area contributed by atoms with Crippen molar-refractivity contribution in [2.75, 3.05) is 19.6 Å². The van der Waals surface area contributed by atoms with Crippen LogP contribution in [0.3, 0.4) is 0 Å². The van der Waals surface area contributed by atoms with Crippen LogP contribution in [-0.2, 0) is 0 Å². The van der Waals surface area contributed by atoms with Gasteiger partial charge in [-0.05, 0) is 58.7 Å². The Hall–Kier alpha value is -0.340. The van der Waals surface area contributed by atoms with Gasteiger partial charge in [0.1, 0.15) is 0 Å². The van der Waals surface area contributed by atoms with Crippen molar-refractivity contribution in [1.82, 2.24) is 10.2 Å². The fraction of sp³-hybridized carbons (Fsp3) is 0.875. The molecule has 2 unspecified atom stereocenters. The molecule has 18 heavy (non-hydrogen) atoms. The van der Waals surface area contributed by atoms with Gasteiger partial charge in [-0.25, -0.2) is 0 Å². The van der Waals surface area contributed by atoms with Gasteiger partial charge in [0.25, 0.3) is 0 Å². The number of likely N-dealkylation sites (tertiary alicyclic amines) is 1. The van der Waals surface area contributed by atoms with Crippen molar-refractivity contribution in [3.63, 3.8) is 0 Å². The van der Waals surface area contributed by atoms with E-state index in [1.165, 1.54) is 45.2 Å². The van der Waals surface area contributed by atoms with Crippen molar-refractivity contribution in [1.29, 1.82) is 0 Å². The summed E-state index contributed by atoms with van der Waals surface area (Å²) in [6.45, 7) is 14.5. The molecule has 1 aliphatic heterocycles. The molecule has 0 aromatic heterocycles. The van der Waals surface area contributed by atoms with Gasteiger partial charge in [-0.2, -0.15) is 0 Å². The molecule has 0 aliphatic carbocycles. The maximum Gasteiger partial charge on any atom is 0.0331 e. The lowest BCUT2D eigenvalue weighted by Gasteiger charge is -2.48. The van der Waals surface area contributed by atoms with Crippen LogP contribution < -0.4 is 5.32 Å². The molecule has 2 atom stereocenters. The number of rotatable bonds is 8. The maximum atomic E-state index is 3.87. The van der Waals surface area contributed by atoms with Gasteiger partial charge in [-0.3, -0.25) is 4.90 Å². The summed E-state index contributed by atoms with van der Waals surface area (Å²) >= 11 is 0. The normalized spacial score (nSPS) is 22.4. The first kappa shape index (κ1) is 15.7. The summed E-state index contributed by atoms with van der Waals surface area (Å²) in [7, 11) is 0. The van der Waals surface area contributed by atoms with E-state index >= 15 is 0 Å². The average Bonchev–Trinajstić information content (AvgIpc) is 2.43. The molecule has 0 radical (unpaired) electrons. The summed E-state index contributed by atoms with van der Waals surface area (Å²) in [6, 6.07) is 0.587. The van der Waals surface area contributed by atoms with E-state index in [0.29, 0.717) is 11.6 Å². The van der Waals surface area contributed by atoms with Crippen LogP contribution in [0.1, 0.15) is 59.3 Å². The molecule has 2 nitrogen and oxygen atoms in total. The van der Waals surface area contributed by atoms with E-state index < -0.39 is 0 Å². The predicted molar refractivity (Wildman–Crippen MR) is 81.0 cm³/mol. The minimum atomic E-state index is 0.305. The zero-order valence-corrected chi connectivity index (χ0v) is 12.7. The van der Waals surface area contributed by atoms with Crippen molar-refractivity contribution in [3.05, 3.63) is 12.7 Å². The van der Waals surface area contributed by atoms with E-state index in [4.69, 9.17) is 0 Å². The number of likely N-dealkylation sites (N-methyl/N-ethyl adjacent to an activating group) is 1. The highest BCUT2D eigenvalue weighted by Gasteiger charge is 2.37. The number of piperidine rings is 1. The second kappa shape index (κ2) is 7.96. The largest absolute Gasteiger partial charge is 0.312 e. The van der Waals surface area contributed by atoms with E-state index in [1.807, 2.05) is 0 Å². The fourth-order valence-corrected chi connectivity index (χ4v) is 3.26. The Morgan fingerprint density at radius 2 is 1.94 bits per heavy atom. The van der Waals surface area contributed by atoms with Crippen LogP contribution in [0.15, 0.2) is 12.7 Å². The standard InChI is InChI=1S/C16H32N2/c1-5-8-12-15(17-7-3)16(4,6-2)18-13-10-9-11-14-18/h5,15,17H,1,6-14H2,2-4H3. The highest BCUT2D eigenvalue weighted by atomic mass is 15.2. The summed E-state index contributed by atoms with van der Waals surface area (Å²) in [5.74, 6) is 0. The minimum absolute atomic E-state index is 0.305. The Kier molecular flexibility index (Phi) is 6.95. The van der Waals surface area contributed by atoms with E-state index in [9.17, 15) is 0 Å². The van der Waals surface area contributed by atoms with Crippen LogP contribution in [0, 0.1) is 0 Å². The quantitative estimate of drug-likeness (QED) is 0.664. The Morgan fingerprint density at radius 1 is 1.28 bits per heavy atom. The lowest BCUT2D eigenvalue weighted by molar-refractivity contribution is 0.0410. The van der Waals surface area contributed by atoms with Gasteiger partial charge in [-0.15, -0.1) is 6.58 Å². The lowest BCUT2D eigenvalue weighted by Crippen LogP contribution is -2.60. The zero-order valence-electron chi connectivity index (χ0n) is 12.7. The van der Waals surface area contributed by atoms with Gasteiger partial charge in [0, 0.05) is 11.6 Å². The topological polar surface area (TPSA) is 15.3 Å². The van der Waals surface area contributed by atoms with E-state index in [1.54, 1.807) is 0 Å². The highest BCUT2D eigenvalue weighted by molar-refractivity contribution is 4.97. The first-order valence-corrected chi connectivity index (χ1v) is 7.78. The van der Waals surface area contributed by atoms with Crippen LogP contribution in [0.4, 0.5) is 0 Å². The Balaban J connectivity index is 2.74. The molecule has 0 amide bonds. The first-order valence-electron chi connectivity index (χ1n) is 7.78. The van der Waals surface area contributed by atoms with Gasteiger partial charge in [0.15, 0.2) is 0 Å². The molecule has 1 heterocycles. The SMILES string of the molecule is C=CCCC(NCC)C(C)(CC)N1CCCCC1. The van der Waals surface area contributed by atoms with Crippen molar-refractivity contribution in [3.8, 4) is 0 Å². The summed E-state index contributed by atoms with van der Waals surface area (Å²) in [5, 5.41) is 3.72. The maximum absolute atomic E-state index is 3.87. The number of allylic oxidation sites excluding steroid dienone is 1. The van der Waals surface area contributed by atoms with Crippen LogP contribution in [0.5, 0.6) is 0 Å². The molecule has 1 rings (SSSR count). The number of nitrogens with zero attached hydrogens (tertiary/aromatic N) is 1. The minimum Gasteiger partial charge on any atom is -0.312 e. The number of nitrogens with one attached hydrogen (secondary N) is 1. The molecule has 0 aromatic rings. The Labute approximate surface area is 114 Å². The highest BCUT2D eigenvalue weighted by Crippen LogP contribution is 2.29. The third kappa shape index (κ3) is 3.83. The first-order chi connectivity index (χ1) is 8.69. The van der Waals surface area contributed by atoms with Gasteiger partial charge in [0.05, 0.1) is 0 Å².